The second-order valence-electron chi connectivity index (χ2n) is 4.09. The normalized spacial score (nSPS) is 20.6. The maximum absolute atomic E-state index is 11.7. The molecule has 5 N–H and O–H groups in total. The summed E-state index contributed by atoms with van der Waals surface area (Å²) in [6.45, 7) is -0.449. The number of nitrogens with two attached hydrogens (primary N) is 1. The van der Waals surface area contributed by atoms with E-state index in [1.165, 1.54) is 4.90 Å². The molecule has 1 heterocycles. The van der Waals surface area contributed by atoms with Crippen LogP contribution in [0.15, 0.2) is 0 Å². The van der Waals surface area contributed by atoms with Gasteiger partial charge in [0.2, 0.25) is 11.8 Å². The molecule has 2 amide bonds. The Balaban J connectivity index is 2.46. The van der Waals surface area contributed by atoms with Crippen molar-refractivity contribution in [1.82, 2.24) is 10.2 Å². The van der Waals surface area contributed by atoms with E-state index in [0.29, 0.717) is 19.4 Å². The van der Waals surface area contributed by atoms with Gasteiger partial charge >= 0.3 is 5.97 Å². The molecule has 1 fully saturated rings. The van der Waals surface area contributed by atoms with Gasteiger partial charge in [-0.3, -0.25) is 9.59 Å². The fourth-order valence-electron chi connectivity index (χ4n) is 1.80. The summed E-state index contributed by atoms with van der Waals surface area (Å²) in [4.78, 5) is 35.0. The van der Waals surface area contributed by atoms with E-state index in [0.717, 1.165) is 0 Å². The van der Waals surface area contributed by atoms with Crippen molar-refractivity contribution >= 4 is 17.8 Å². The van der Waals surface area contributed by atoms with Gasteiger partial charge in [-0.25, -0.2) is 4.79 Å². The molecule has 1 aliphatic heterocycles. The highest BCUT2D eigenvalue weighted by atomic mass is 16.4. The monoisotopic (exact) mass is 259 g/mol. The first-order valence-electron chi connectivity index (χ1n) is 5.63. The Labute approximate surface area is 104 Å². The molecule has 0 saturated carbocycles. The first-order valence-corrected chi connectivity index (χ1v) is 5.63. The van der Waals surface area contributed by atoms with E-state index in [1.54, 1.807) is 0 Å². The number of hydrogen-bond acceptors (Lipinski definition) is 5. The molecule has 1 aliphatic rings. The third-order valence-electron chi connectivity index (χ3n) is 2.81. The molecular formula is C10H17N3O5. The molecule has 0 bridgehead atoms. The minimum atomic E-state index is -1.08. The molecule has 0 aromatic carbocycles. The predicted octanol–water partition coefficient (Wildman–Crippen LogP) is -2.50. The van der Waals surface area contributed by atoms with Crippen molar-refractivity contribution in [1.29, 1.82) is 0 Å². The average Bonchev–Trinajstić information content (AvgIpc) is 2.83. The van der Waals surface area contributed by atoms with Crippen LogP contribution in [0.3, 0.4) is 0 Å². The standard InChI is InChI=1S/C10H17N3O5/c11-6(5-14)9(16)12-4-8(15)13-3-1-2-7(13)10(17)18/h6-7,14H,1-5,11H2,(H,12,16)(H,17,18)/t6-,7+/m0/s1. The number of aliphatic hydroxyl groups is 1. The van der Waals surface area contributed by atoms with Crippen molar-refractivity contribution in [2.75, 3.05) is 19.7 Å². The second kappa shape index (κ2) is 6.31. The van der Waals surface area contributed by atoms with Crippen LogP contribution in [0, 0.1) is 0 Å². The number of carbonyl (C=O) groups is 3. The van der Waals surface area contributed by atoms with E-state index in [2.05, 4.69) is 5.32 Å². The number of rotatable bonds is 5. The van der Waals surface area contributed by atoms with Crippen molar-refractivity contribution in [3.8, 4) is 0 Å². The molecule has 8 heteroatoms. The summed E-state index contributed by atoms with van der Waals surface area (Å²) in [6, 6.07) is -1.90. The lowest BCUT2D eigenvalue weighted by Crippen LogP contribution is -2.49. The minimum absolute atomic E-state index is 0.309. The van der Waals surface area contributed by atoms with Crippen molar-refractivity contribution in [3.63, 3.8) is 0 Å². The molecule has 0 radical (unpaired) electrons. The summed E-state index contributed by atoms with van der Waals surface area (Å²) in [5, 5.41) is 19.8. The predicted molar refractivity (Wildman–Crippen MR) is 60.4 cm³/mol. The molecule has 0 spiro atoms. The SMILES string of the molecule is N[C@@H](CO)C(=O)NCC(=O)N1CCC[C@@H]1C(=O)O. The Morgan fingerprint density at radius 2 is 2.11 bits per heavy atom. The Hall–Kier alpha value is -1.67. The number of carbonyl (C=O) groups excluding carboxylic acids is 2. The quantitative estimate of drug-likeness (QED) is 0.431. The topological polar surface area (TPSA) is 133 Å². The van der Waals surface area contributed by atoms with Gasteiger partial charge in [0.25, 0.3) is 0 Å². The van der Waals surface area contributed by atoms with E-state index in [9.17, 15) is 14.4 Å². The number of carboxylic acid groups (broad SMARTS) is 1. The van der Waals surface area contributed by atoms with Crippen molar-refractivity contribution < 1.29 is 24.6 Å². The molecule has 0 unspecified atom stereocenters. The summed E-state index contributed by atoms with van der Waals surface area (Å²) >= 11 is 0. The second-order valence-corrected chi connectivity index (χ2v) is 4.09. The smallest absolute Gasteiger partial charge is 0.326 e. The Bertz CT molecular complexity index is 346. The van der Waals surface area contributed by atoms with Gasteiger partial charge in [-0.15, -0.1) is 0 Å². The highest BCUT2D eigenvalue weighted by Gasteiger charge is 2.33. The number of carboxylic acids is 1. The van der Waals surface area contributed by atoms with E-state index in [1.807, 2.05) is 0 Å². The zero-order chi connectivity index (χ0) is 13.7. The van der Waals surface area contributed by atoms with Gasteiger partial charge in [-0.2, -0.15) is 0 Å². The molecule has 102 valence electrons. The fraction of sp³-hybridized carbons (Fsp3) is 0.700. The zero-order valence-electron chi connectivity index (χ0n) is 9.83. The molecule has 1 rings (SSSR count). The van der Waals surface area contributed by atoms with E-state index in [-0.39, 0.29) is 6.54 Å². The maximum Gasteiger partial charge on any atom is 0.326 e. The molecule has 0 aliphatic carbocycles. The third kappa shape index (κ3) is 3.41. The number of aliphatic hydroxyl groups excluding tert-OH is 1. The number of hydrogen-bond donors (Lipinski definition) is 4. The Kier molecular flexibility index (Phi) is 5.05. The van der Waals surface area contributed by atoms with E-state index in [4.69, 9.17) is 15.9 Å². The number of nitrogens with one attached hydrogen (secondary N) is 1. The summed E-state index contributed by atoms with van der Waals surface area (Å²) < 4.78 is 0. The number of likely N-dealkylation sites (tertiary alicyclic amines) is 1. The number of amides is 2. The summed E-state index contributed by atoms with van der Waals surface area (Å²) in [7, 11) is 0. The fourth-order valence-corrected chi connectivity index (χ4v) is 1.80. The van der Waals surface area contributed by atoms with E-state index >= 15 is 0 Å². The maximum atomic E-state index is 11.7. The van der Waals surface area contributed by atoms with Gasteiger partial charge < -0.3 is 26.2 Å². The molecule has 0 aromatic rings. The molecule has 18 heavy (non-hydrogen) atoms. The van der Waals surface area contributed by atoms with Crippen LogP contribution in [-0.4, -0.2) is 64.7 Å². The van der Waals surface area contributed by atoms with Crippen LogP contribution in [0.5, 0.6) is 0 Å². The van der Waals surface area contributed by atoms with Gasteiger partial charge in [0, 0.05) is 6.54 Å². The molecule has 0 aromatic heterocycles. The highest BCUT2D eigenvalue weighted by molar-refractivity contribution is 5.89. The van der Waals surface area contributed by atoms with Crippen LogP contribution < -0.4 is 11.1 Å². The van der Waals surface area contributed by atoms with Crippen LogP contribution in [0.2, 0.25) is 0 Å². The van der Waals surface area contributed by atoms with Gasteiger partial charge in [-0.05, 0) is 12.8 Å². The van der Waals surface area contributed by atoms with Gasteiger partial charge in [-0.1, -0.05) is 0 Å². The van der Waals surface area contributed by atoms with Crippen LogP contribution in [0.25, 0.3) is 0 Å². The highest BCUT2D eigenvalue weighted by Crippen LogP contribution is 2.17. The molecule has 1 saturated heterocycles. The Morgan fingerprint density at radius 3 is 2.67 bits per heavy atom. The lowest BCUT2D eigenvalue weighted by molar-refractivity contribution is -0.148. The van der Waals surface area contributed by atoms with Crippen LogP contribution >= 0.6 is 0 Å². The first-order chi connectivity index (χ1) is 8.47. The van der Waals surface area contributed by atoms with Crippen LogP contribution in [-0.2, 0) is 14.4 Å². The lowest BCUT2D eigenvalue weighted by atomic mass is 10.2. The third-order valence-corrected chi connectivity index (χ3v) is 2.81. The van der Waals surface area contributed by atoms with Crippen LogP contribution in [0.1, 0.15) is 12.8 Å². The lowest BCUT2D eigenvalue weighted by Gasteiger charge is -2.21. The summed E-state index contributed by atoms with van der Waals surface area (Å²) in [6.07, 6.45) is 1.05. The number of nitrogens with zero attached hydrogens (tertiary/aromatic N) is 1. The van der Waals surface area contributed by atoms with Crippen molar-refractivity contribution in [2.24, 2.45) is 5.73 Å². The first kappa shape index (κ1) is 14.4. The molecular weight excluding hydrogens is 242 g/mol. The van der Waals surface area contributed by atoms with Gasteiger partial charge in [0.1, 0.15) is 12.1 Å². The van der Waals surface area contributed by atoms with Gasteiger partial charge in [0.05, 0.1) is 13.2 Å². The van der Waals surface area contributed by atoms with E-state index < -0.39 is 36.5 Å². The average molecular weight is 259 g/mol. The number of aliphatic carboxylic acids is 1. The van der Waals surface area contributed by atoms with Crippen molar-refractivity contribution in [3.05, 3.63) is 0 Å². The zero-order valence-corrected chi connectivity index (χ0v) is 9.83. The molecule has 2 atom stereocenters. The minimum Gasteiger partial charge on any atom is -0.480 e. The Morgan fingerprint density at radius 1 is 1.44 bits per heavy atom. The van der Waals surface area contributed by atoms with Crippen LogP contribution in [0.4, 0.5) is 0 Å². The van der Waals surface area contributed by atoms with Crippen molar-refractivity contribution in [2.45, 2.75) is 24.9 Å². The summed E-state index contributed by atoms with van der Waals surface area (Å²) in [5.74, 6) is -2.14. The van der Waals surface area contributed by atoms with Gasteiger partial charge in [0.15, 0.2) is 0 Å². The summed E-state index contributed by atoms with van der Waals surface area (Å²) in [5.41, 5.74) is 5.25. The molecule has 8 nitrogen and oxygen atoms in total. The largest absolute Gasteiger partial charge is 0.480 e.